The Kier molecular flexibility index (Phi) is 7.20. The molecule has 0 bridgehead atoms. The third-order valence-corrected chi connectivity index (χ3v) is 8.34. The summed E-state index contributed by atoms with van der Waals surface area (Å²) in [7, 11) is -3.91. The van der Waals surface area contributed by atoms with Crippen LogP contribution in [0.2, 0.25) is 5.02 Å². The van der Waals surface area contributed by atoms with Crippen molar-refractivity contribution in [2.45, 2.75) is 73.8 Å². The molecular weight excluding hydrogens is 444 g/mol. The Hall–Kier alpha value is -1.23. The number of β-amino-alcohol motifs (C(OH)–C–C–N with tert-alkyl or cyclic N) is 1. The predicted octanol–water partition coefficient (Wildman–Crippen LogP) is 1.70. The number of rotatable bonds is 5. The molecule has 2 heterocycles. The number of hydrogen-bond acceptors (Lipinski definition) is 6. The molecule has 172 valence electrons. The highest BCUT2D eigenvalue weighted by molar-refractivity contribution is 7.89. The van der Waals surface area contributed by atoms with E-state index >= 15 is 0 Å². The average Bonchev–Trinajstić information content (AvgIpc) is 2.68. The van der Waals surface area contributed by atoms with E-state index in [0.29, 0.717) is 17.9 Å². The molecule has 3 fully saturated rings. The highest BCUT2D eigenvalue weighted by Crippen LogP contribution is 2.32. The lowest BCUT2D eigenvalue weighted by molar-refractivity contribution is -0.147. The van der Waals surface area contributed by atoms with Crippen LogP contribution in [0.3, 0.4) is 0 Å². The summed E-state index contributed by atoms with van der Waals surface area (Å²) in [5.41, 5.74) is 0. The van der Waals surface area contributed by atoms with Crippen LogP contribution in [0.25, 0.3) is 0 Å². The lowest BCUT2D eigenvalue weighted by atomic mass is 9.92. The van der Waals surface area contributed by atoms with Crippen LogP contribution in [-0.2, 0) is 24.3 Å². The molecule has 1 saturated carbocycles. The van der Waals surface area contributed by atoms with Crippen molar-refractivity contribution in [3.8, 4) is 0 Å². The number of fused-ring (bicyclic) bond motifs is 1. The van der Waals surface area contributed by atoms with Gasteiger partial charge in [0, 0.05) is 17.6 Å². The summed E-state index contributed by atoms with van der Waals surface area (Å²) in [6.45, 7) is 0.0806. The predicted molar refractivity (Wildman–Crippen MR) is 114 cm³/mol. The molecule has 0 unspecified atom stereocenters. The minimum absolute atomic E-state index is 0.0149. The summed E-state index contributed by atoms with van der Waals surface area (Å²) >= 11 is 6.02. The number of ether oxygens (including phenoxy) is 2. The van der Waals surface area contributed by atoms with Crippen molar-refractivity contribution in [1.82, 2.24) is 9.62 Å². The van der Waals surface area contributed by atoms with Crippen LogP contribution in [0.5, 0.6) is 0 Å². The summed E-state index contributed by atoms with van der Waals surface area (Å²) in [5, 5.41) is 13.6. The zero-order valence-electron chi connectivity index (χ0n) is 17.3. The second kappa shape index (κ2) is 9.72. The SMILES string of the molecule is O=C(C[C@@H]1CC[C@@H]2[C@H](COC[C@H](O)CN2S(=O)(=O)c2cccc(Cl)c2)O1)NC1CCC1. The van der Waals surface area contributed by atoms with Crippen LogP contribution < -0.4 is 5.32 Å². The molecule has 2 saturated heterocycles. The fourth-order valence-electron chi connectivity index (χ4n) is 4.38. The van der Waals surface area contributed by atoms with Gasteiger partial charge in [0.1, 0.15) is 0 Å². The lowest BCUT2D eigenvalue weighted by Gasteiger charge is -2.43. The zero-order valence-corrected chi connectivity index (χ0v) is 18.9. The van der Waals surface area contributed by atoms with Crippen LogP contribution in [0.4, 0.5) is 0 Å². The van der Waals surface area contributed by atoms with Crippen molar-refractivity contribution in [1.29, 1.82) is 0 Å². The van der Waals surface area contributed by atoms with Gasteiger partial charge in [-0.1, -0.05) is 17.7 Å². The standard InChI is InChI=1S/C21H29ClN2O6S/c22-14-3-1-6-18(9-14)31(27,28)24-11-16(25)12-29-13-20-19(24)8-7-17(30-20)10-21(26)23-15-4-2-5-15/h1,3,6,9,15-17,19-20,25H,2,4-5,7-8,10-13H2,(H,23,26)/t16-,17+,19-,20+/m1/s1. The van der Waals surface area contributed by atoms with Crippen molar-refractivity contribution < 1.29 is 27.8 Å². The van der Waals surface area contributed by atoms with Crippen molar-refractivity contribution in [2.75, 3.05) is 19.8 Å². The van der Waals surface area contributed by atoms with Gasteiger partial charge in [0.15, 0.2) is 0 Å². The van der Waals surface area contributed by atoms with E-state index in [-0.39, 0.29) is 49.1 Å². The number of benzene rings is 1. The number of hydrogen-bond donors (Lipinski definition) is 2. The van der Waals surface area contributed by atoms with Crippen LogP contribution in [-0.4, -0.2) is 73.9 Å². The van der Waals surface area contributed by atoms with Gasteiger partial charge in [0.25, 0.3) is 0 Å². The van der Waals surface area contributed by atoms with Gasteiger partial charge in [-0.05, 0) is 50.3 Å². The Labute approximate surface area is 187 Å². The third-order valence-electron chi connectivity index (χ3n) is 6.22. The topological polar surface area (TPSA) is 105 Å². The smallest absolute Gasteiger partial charge is 0.243 e. The molecule has 0 spiro atoms. The van der Waals surface area contributed by atoms with Crippen LogP contribution in [0.15, 0.2) is 29.2 Å². The summed E-state index contributed by atoms with van der Waals surface area (Å²) in [6, 6.07) is 5.88. The number of nitrogens with zero attached hydrogens (tertiary/aromatic N) is 1. The first kappa shape index (κ1) is 22.9. The fraction of sp³-hybridized carbons (Fsp3) is 0.667. The van der Waals surface area contributed by atoms with Crippen molar-refractivity contribution in [2.24, 2.45) is 0 Å². The van der Waals surface area contributed by atoms with Gasteiger partial charge < -0.3 is 19.9 Å². The van der Waals surface area contributed by atoms with Gasteiger partial charge >= 0.3 is 0 Å². The summed E-state index contributed by atoms with van der Waals surface area (Å²) in [5.74, 6) is -0.0289. The number of amides is 1. The number of aliphatic hydroxyl groups excluding tert-OH is 1. The first-order chi connectivity index (χ1) is 14.8. The highest BCUT2D eigenvalue weighted by atomic mass is 35.5. The molecule has 1 aromatic rings. The molecule has 31 heavy (non-hydrogen) atoms. The molecule has 0 radical (unpaired) electrons. The molecule has 2 N–H and O–H groups in total. The Morgan fingerprint density at radius 1 is 1.23 bits per heavy atom. The number of halogens is 1. The van der Waals surface area contributed by atoms with E-state index in [1.165, 1.54) is 16.4 Å². The monoisotopic (exact) mass is 472 g/mol. The van der Waals surface area contributed by atoms with E-state index in [1.54, 1.807) is 12.1 Å². The van der Waals surface area contributed by atoms with E-state index in [9.17, 15) is 18.3 Å². The lowest BCUT2D eigenvalue weighted by Crippen LogP contribution is -2.57. The molecule has 10 heteroatoms. The van der Waals surface area contributed by atoms with Gasteiger partial charge in [-0.2, -0.15) is 4.31 Å². The number of carbonyl (C=O) groups excluding carboxylic acids is 1. The fourth-order valence-corrected chi connectivity index (χ4v) is 6.40. The summed E-state index contributed by atoms with van der Waals surface area (Å²) in [6.07, 6.45) is 2.77. The first-order valence-corrected chi connectivity index (χ1v) is 12.6. The maximum Gasteiger partial charge on any atom is 0.243 e. The maximum atomic E-state index is 13.4. The maximum absolute atomic E-state index is 13.4. The van der Waals surface area contributed by atoms with E-state index in [1.807, 2.05) is 0 Å². The first-order valence-electron chi connectivity index (χ1n) is 10.8. The molecule has 0 aromatic heterocycles. The minimum atomic E-state index is -3.91. The Balaban J connectivity index is 1.49. The van der Waals surface area contributed by atoms with Gasteiger partial charge in [-0.25, -0.2) is 8.42 Å². The Morgan fingerprint density at radius 3 is 2.74 bits per heavy atom. The van der Waals surface area contributed by atoms with Gasteiger partial charge in [-0.15, -0.1) is 0 Å². The molecule has 1 aliphatic carbocycles. The van der Waals surface area contributed by atoms with E-state index in [2.05, 4.69) is 5.32 Å². The van der Waals surface area contributed by atoms with Crippen molar-refractivity contribution in [3.63, 3.8) is 0 Å². The number of nitrogens with one attached hydrogen (secondary N) is 1. The largest absolute Gasteiger partial charge is 0.389 e. The molecular formula is C21H29ClN2O6S. The quantitative estimate of drug-likeness (QED) is 0.675. The molecule has 4 atom stereocenters. The normalized spacial score (nSPS) is 30.5. The van der Waals surface area contributed by atoms with Crippen LogP contribution in [0.1, 0.15) is 38.5 Å². The van der Waals surface area contributed by atoms with Crippen LogP contribution in [0, 0.1) is 0 Å². The second-order valence-electron chi connectivity index (χ2n) is 8.56. The van der Waals surface area contributed by atoms with E-state index < -0.39 is 28.3 Å². The number of carbonyl (C=O) groups is 1. The van der Waals surface area contributed by atoms with Gasteiger partial charge in [0.05, 0.1) is 48.9 Å². The molecule has 1 amide bonds. The summed E-state index contributed by atoms with van der Waals surface area (Å²) in [4.78, 5) is 12.4. The van der Waals surface area contributed by atoms with E-state index in [0.717, 1.165) is 19.3 Å². The summed E-state index contributed by atoms with van der Waals surface area (Å²) < 4.78 is 39.9. The average molecular weight is 473 g/mol. The number of sulfonamides is 1. The van der Waals surface area contributed by atoms with Gasteiger partial charge in [-0.3, -0.25) is 4.79 Å². The third kappa shape index (κ3) is 5.40. The molecule has 2 aliphatic heterocycles. The highest BCUT2D eigenvalue weighted by Gasteiger charge is 2.43. The molecule has 8 nitrogen and oxygen atoms in total. The van der Waals surface area contributed by atoms with Crippen molar-refractivity contribution in [3.05, 3.63) is 29.3 Å². The zero-order chi connectivity index (χ0) is 22.0. The van der Waals surface area contributed by atoms with Crippen molar-refractivity contribution >= 4 is 27.5 Å². The Morgan fingerprint density at radius 2 is 2.03 bits per heavy atom. The number of aliphatic hydroxyl groups is 1. The van der Waals surface area contributed by atoms with Crippen LogP contribution >= 0.6 is 11.6 Å². The minimum Gasteiger partial charge on any atom is -0.389 e. The van der Waals surface area contributed by atoms with E-state index in [4.69, 9.17) is 21.1 Å². The van der Waals surface area contributed by atoms with Gasteiger partial charge in [0.2, 0.25) is 15.9 Å². The Bertz CT molecular complexity index is 894. The second-order valence-corrected chi connectivity index (χ2v) is 10.9. The molecule has 4 rings (SSSR count). The molecule has 3 aliphatic rings. The molecule has 1 aromatic carbocycles.